The highest BCUT2D eigenvalue weighted by Gasteiger charge is 2.42. The van der Waals surface area contributed by atoms with Gasteiger partial charge in [-0.25, -0.2) is 15.0 Å². The van der Waals surface area contributed by atoms with Crippen LogP contribution in [0.4, 0.5) is 22.7 Å². The summed E-state index contributed by atoms with van der Waals surface area (Å²) in [5, 5.41) is 0. The Morgan fingerprint density at radius 3 is 1.82 bits per heavy atom. The van der Waals surface area contributed by atoms with Gasteiger partial charge >= 0.3 is 0 Å². The van der Waals surface area contributed by atoms with Crippen molar-refractivity contribution < 1.29 is 0 Å². The largest absolute Gasteiger partial charge is 0.333 e. The van der Waals surface area contributed by atoms with Crippen LogP contribution in [0.25, 0.3) is 45.3 Å². The molecule has 0 saturated heterocycles. The van der Waals surface area contributed by atoms with Gasteiger partial charge in [0.25, 0.3) is 0 Å². The summed E-state index contributed by atoms with van der Waals surface area (Å²) in [7, 11) is 0. The van der Waals surface area contributed by atoms with Gasteiger partial charge < -0.3 is 9.80 Å². The van der Waals surface area contributed by atoms with Gasteiger partial charge in [0, 0.05) is 62.4 Å². The first kappa shape index (κ1) is 37.6. The number of aromatic nitrogens is 3. The predicted molar refractivity (Wildman–Crippen MR) is 265 cm³/mol. The van der Waals surface area contributed by atoms with Crippen LogP contribution in [0, 0.1) is 0 Å². The highest BCUT2D eigenvalue weighted by Crippen LogP contribution is 2.56. The Labute approximate surface area is 380 Å². The number of fused-ring (bicyclic) bond motifs is 9. The lowest BCUT2D eigenvalue weighted by Crippen LogP contribution is -2.29. The van der Waals surface area contributed by atoms with Gasteiger partial charge in [0.1, 0.15) is 0 Å². The fourth-order valence-electron chi connectivity index (χ4n) is 11.2. The molecule has 310 valence electrons. The number of hydrogen-bond acceptors (Lipinski definition) is 5. The Morgan fingerprint density at radius 1 is 0.523 bits per heavy atom. The average molecular weight is 836 g/mol. The molecule has 1 aromatic heterocycles. The first-order valence-electron chi connectivity index (χ1n) is 22.8. The third-order valence-corrected chi connectivity index (χ3v) is 14.4. The second kappa shape index (κ2) is 14.6. The molecule has 0 saturated carbocycles. The Morgan fingerprint density at radius 2 is 1.11 bits per heavy atom. The maximum Gasteiger partial charge on any atom is 0.164 e. The highest BCUT2D eigenvalue weighted by molar-refractivity contribution is 5.87. The molecule has 13 rings (SSSR count). The molecule has 0 fully saturated rings. The van der Waals surface area contributed by atoms with E-state index in [9.17, 15) is 0 Å². The van der Waals surface area contributed by atoms with E-state index in [2.05, 4.69) is 194 Å². The molecule has 3 heterocycles. The van der Waals surface area contributed by atoms with Crippen molar-refractivity contribution in [2.75, 3.05) is 9.80 Å². The van der Waals surface area contributed by atoms with Crippen molar-refractivity contribution in [1.82, 2.24) is 15.0 Å². The summed E-state index contributed by atoms with van der Waals surface area (Å²) in [6.45, 7) is 4.72. The molecule has 2 aliphatic heterocycles. The fourth-order valence-corrected chi connectivity index (χ4v) is 11.2. The molecule has 3 atom stereocenters. The molecule has 5 nitrogen and oxygen atoms in total. The van der Waals surface area contributed by atoms with Crippen LogP contribution in [0.2, 0.25) is 0 Å². The number of anilines is 4. The molecule has 5 heteroatoms. The maximum atomic E-state index is 5.07. The van der Waals surface area contributed by atoms with Gasteiger partial charge in [0.05, 0.1) is 6.04 Å². The van der Waals surface area contributed by atoms with E-state index in [-0.39, 0.29) is 17.4 Å². The molecule has 3 unspecified atom stereocenters. The lowest BCUT2D eigenvalue weighted by atomic mass is 9.80. The van der Waals surface area contributed by atoms with Crippen molar-refractivity contribution >= 4 is 22.7 Å². The predicted octanol–water partition coefficient (Wildman–Crippen LogP) is 14.4. The van der Waals surface area contributed by atoms with Gasteiger partial charge in [-0.15, -0.1) is 0 Å². The number of benzene rings is 7. The summed E-state index contributed by atoms with van der Waals surface area (Å²) in [6, 6.07) is 63.2. The molecule has 3 aliphatic carbocycles. The van der Waals surface area contributed by atoms with E-state index >= 15 is 0 Å². The molecule has 0 amide bonds. The second-order valence-corrected chi connectivity index (χ2v) is 18.3. The smallest absolute Gasteiger partial charge is 0.164 e. The number of hydrogen-bond donors (Lipinski definition) is 0. The van der Waals surface area contributed by atoms with Crippen LogP contribution in [0.5, 0.6) is 0 Å². The van der Waals surface area contributed by atoms with Crippen LogP contribution in [0.3, 0.4) is 0 Å². The standard InChI is InChI=1S/C60H45N5/c1-60(2)51-36-42(59-62-57(38-16-6-3-7-17-38)61-58(63-59)39-18-8-4-9-19-39)26-30-45(51)46-31-29-44(37-52(46)60)65-54-25-15-13-23-48(54)50-35-41(28-33-56(50)65)40-27-32-55-49(34-40)47-22-12-14-24-53(47)64(55)43-20-10-5-11-21-43/h3-33,35-37,49-50,56H,34H2,1-2H3. The molecule has 0 N–H and O–H groups in total. The zero-order chi connectivity index (χ0) is 43.2. The minimum atomic E-state index is -0.253. The summed E-state index contributed by atoms with van der Waals surface area (Å²) in [6.07, 6.45) is 13.1. The molecule has 5 aliphatic rings. The van der Waals surface area contributed by atoms with Crippen molar-refractivity contribution in [3.8, 4) is 45.3 Å². The maximum absolute atomic E-state index is 5.07. The Kier molecular flexibility index (Phi) is 8.44. The van der Waals surface area contributed by atoms with Crippen LogP contribution >= 0.6 is 0 Å². The van der Waals surface area contributed by atoms with Gasteiger partial charge in [-0.3, -0.25) is 0 Å². The Hall–Kier alpha value is -7.89. The summed E-state index contributed by atoms with van der Waals surface area (Å²) in [5.74, 6) is 2.56. The van der Waals surface area contributed by atoms with Crippen LogP contribution in [-0.2, 0) is 5.41 Å². The van der Waals surface area contributed by atoms with E-state index < -0.39 is 0 Å². The molecule has 65 heavy (non-hydrogen) atoms. The van der Waals surface area contributed by atoms with Crippen molar-refractivity contribution in [2.24, 2.45) is 0 Å². The van der Waals surface area contributed by atoms with E-state index in [0.29, 0.717) is 23.4 Å². The van der Waals surface area contributed by atoms with Crippen molar-refractivity contribution in [3.63, 3.8) is 0 Å². The number of nitrogens with zero attached hydrogens (tertiary/aromatic N) is 5. The van der Waals surface area contributed by atoms with Gasteiger partial charge in [-0.1, -0.05) is 172 Å². The number of allylic oxidation sites excluding steroid dienone is 6. The summed E-state index contributed by atoms with van der Waals surface area (Å²) in [5.41, 5.74) is 19.7. The summed E-state index contributed by atoms with van der Waals surface area (Å²) in [4.78, 5) is 20.1. The second-order valence-electron chi connectivity index (χ2n) is 18.3. The first-order chi connectivity index (χ1) is 32.0. The zero-order valence-corrected chi connectivity index (χ0v) is 36.3. The molecule has 7 aromatic carbocycles. The van der Waals surface area contributed by atoms with Gasteiger partial charge in [0.2, 0.25) is 0 Å². The van der Waals surface area contributed by atoms with Gasteiger partial charge in [0.15, 0.2) is 17.5 Å². The summed E-state index contributed by atoms with van der Waals surface area (Å²) < 4.78 is 0. The molecule has 0 spiro atoms. The molecular formula is C60H45N5. The van der Waals surface area contributed by atoms with Gasteiger partial charge in [-0.2, -0.15) is 0 Å². The van der Waals surface area contributed by atoms with Crippen LogP contribution in [0.15, 0.2) is 223 Å². The topological polar surface area (TPSA) is 45.2 Å². The van der Waals surface area contributed by atoms with Crippen LogP contribution in [0.1, 0.15) is 54.4 Å². The monoisotopic (exact) mass is 835 g/mol. The Balaban J connectivity index is 0.829. The van der Waals surface area contributed by atoms with Crippen LogP contribution < -0.4 is 9.80 Å². The van der Waals surface area contributed by atoms with E-state index in [1.165, 1.54) is 73.0 Å². The lowest BCUT2D eigenvalue weighted by molar-refractivity contribution is 0.659. The van der Waals surface area contributed by atoms with E-state index in [1.54, 1.807) is 0 Å². The number of rotatable bonds is 6. The van der Waals surface area contributed by atoms with Crippen LogP contribution in [-0.4, -0.2) is 21.0 Å². The Bertz CT molecular complexity index is 3290. The normalized spacial score (nSPS) is 19.3. The van der Waals surface area contributed by atoms with Crippen molar-refractivity contribution in [2.45, 2.75) is 43.6 Å². The molecule has 0 radical (unpaired) electrons. The lowest BCUT2D eigenvalue weighted by Gasteiger charge is -2.32. The van der Waals surface area contributed by atoms with Crippen molar-refractivity contribution in [3.05, 3.63) is 245 Å². The molecular weight excluding hydrogens is 791 g/mol. The zero-order valence-electron chi connectivity index (χ0n) is 36.3. The third-order valence-electron chi connectivity index (χ3n) is 14.4. The molecule has 0 bridgehead atoms. The summed E-state index contributed by atoms with van der Waals surface area (Å²) >= 11 is 0. The quantitative estimate of drug-likeness (QED) is 0.167. The SMILES string of the molecule is CC1(C)c2cc(-c3nc(-c4ccccc4)nc(-c4ccccc4)n3)ccc2-c2ccc(N3c4ccccc4C4C=C(C5=CC=C6C(C5)c5ccccc5N6c5ccccc5)C=CC43)cc21. The van der Waals surface area contributed by atoms with E-state index in [1.807, 2.05) is 36.4 Å². The van der Waals surface area contributed by atoms with Gasteiger partial charge in [-0.05, 0) is 99.5 Å². The minimum Gasteiger partial charge on any atom is -0.333 e. The van der Waals surface area contributed by atoms with E-state index in [4.69, 9.17) is 15.0 Å². The van der Waals surface area contributed by atoms with E-state index in [0.717, 1.165) is 23.1 Å². The minimum absolute atomic E-state index is 0.172. The van der Waals surface area contributed by atoms with Crippen molar-refractivity contribution in [1.29, 1.82) is 0 Å². The fraction of sp³-hybridized carbons (Fsp3) is 0.117. The highest BCUT2D eigenvalue weighted by atomic mass is 15.2. The molecule has 8 aromatic rings. The first-order valence-corrected chi connectivity index (χ1v) is 22.8. The third kappa shape index (κ3) is 5.95. The number of para-hydroxylation sites is 3. The average Bonchev–Trinajstić information content (AvgIpc) is 3.96.